The molecule has 5 nitrogen and oxygen atoms in total. The van der Waals surface area contributed by atoms with Crippen LogP contribution in [0, 0.1) is 5.41 Å². The predicted octanol–water partition coefficient (Wildman–Crippen LogP) is 2.22. The maximum absolute atomic E-state index is 12.2. The fourth-order valence-electron chi connectivity index (χ4n) is 2.43. The summed E-state index contributed by atoms with van der Waals surface area (Å²) in [6.07, 6.45) is 2.08. The van der Waals surface area contributed by atoms with Gasteiger partial charge in [-0.3, -0.25) is 9.59 Å². The smallest absolute Gasteiger partial charge is 0.311 e. The summed E-state index contributed by atoms with van der Waals surface area (Å²) in [6.45, 7) is 2.04. The molecule has 114 valence electrons. The molecule has 2 rings (SSSR count). The van der Waals surface area contributed by atoms with E-state index in [1.54, 1.807) is 12.1 Å². The first-order valence-corrected chi connectivity index (χ1v) is 7.30. The molecule has 1 aliphatic carbocycles. The lowest BCUT2D eigenvalue weighted by Gasteiger charge is -2.37. The summed E-state index contributed by atoms with van der Waals surface area (Å²) in [7, 11) is 0. The third kappa shape index (κ3) is 3.54. The number of amides is 1. The Hall–Kier alpha value is -2.04. The van der Waals surface area contributed by atoms with Crippen molar-refractivity contribution in [2.75, 3.05) is 6.54 Å². The van der Waals surface area contributed by atoms with Crippen LogP contribution in [0.1, 0.15) is 32.6 Å². The number of hydrogen-bond donors (Lipinski definition) is 2. The number of carboxylic acid groups (broad SMARTS) is 1. The molecule has 1 atom stereocenters. The Morgan fingerprint density at radius 2 is 2.00 bits per heavy atom. The minimum absolute atomic E-state index is 0.176. The molecule has 0 aliphatic heterocycles. The van der Waals surface area contributed by atoms with E-state index < -0.39 is 17.5 Å². The second-order valence-corrected chi connectivity index (χ2v) is 5.48. The van der Waals surface area contributed by atoms with Crippen molar-refractivity contribution in [3.8, 4) is 5.75 Å². The van der Waals surface area contributed by atoms with Crippen molar-refractivity contribution in [2.45, 2.75) is 38.7 Å². The molecule has 0 heterocycles. The van der Waals surface area contributed by atoms with Crippen molar-refractivity contribution in [1.29, 1.82) is 0 Å². The van der Waals surface area contributed by atoms with Gasteiger partial charge in [0.15, 0.2) is 6.10 Å². The molecule has 1 saturated carbocycles. The van der Waals surface area contributed by atoms with Crippen molar-refractivity contribution >= 4 is 11.9 Å². The molecule has 1 unspecified atom stereocenters. The average molecular weight is 291 g/mol. The Morgan fingerprint density at radius 3 is 2.48 bits per heavy atom. The van der Waals surface area contributed by atoms with E-state index in [1.807, 2.05) is 25.1 Å². The van der Waals surface area contributed by atoms with Crippen LogP contribution in [0.5, 0.6) is 5.75 Å². The zero-order valence-corrected chi connectivity index (χ0v) is 12.2. The number of benzene rings is 1. The highest BCUT2D eigenvalue weighted by atomic mass is 16.5. The van der Waals surface area contributed by atoms with Crippen LogP contribution in [0.15, 0.2) is 30.3 Å². The van der Waals surface area contributed by atoms with E-state index in [0.29, 0.717) is 25.0 Å². The number of ether oxygens (including phenoxy) is 1. The molecule has 2 N–H and O–H groups in total. The summed E-state index contributed by atoms with van der Waals surface area (Å²) in [6, 6.07) is 9.14. The summed E-state index contributed by atoms with van der Waals surface area (Å²) in [5.41, 5.74) is -0.777. The number of carboxylic acids is 1. The SMILES string of the molecule is CCC(Oc1ccccc1)C(=O)NCC1(C(=O)O)CCC1. The fourth-order valence-corrected chi connectivity index (χ4v) is 2.43. The fraction of sp³-hybridized carbons (Fsp3) is 0.500. The van der Waals surface area contributed by atoms with Crippen LogP contribution in [-0.2, 0) is 9.59 Å². The molecule has 0 spiro atoms. The van der Waals surface area contributed by atoms with E-state index >= 15 is 0 Å². The normalized spacial score (nSPS) is 17.4. The summed E-state index contributed by atoms with van der Waals surface area (Å²) in [5.74, 6) is -0.448. The zero-order valence-electron chi connectivity index (χ0n) is 12.2. The van der Waals surface area contributed by atoms with Crippen molar-refractivity contribution in [2.24, 2.45) is 5.41 Å². The van der Waals surface area contributed by atoms with Crippen LogP contribution in [0.25, 0.3) is 0 Å². The van der Waals surface area contributed by atoms with E-state index in [1.165, 1.54) is 0 Å². The second-order valence-electron chi connectivity index (χ2n) is 5.48. The highest BCUT2D eigenvalue weighted by Gasteiger charge is 2.44. The highest BCUT2D eigenvalue weighted by Crippen LogP contribution is 2.40. The average Bonchev–Trinajstić information content (AvgIpc) is 2.44. The molecular weight excluding hydrogens is 270 g/mol. The number of nitrogens with one attached hydrogen (secondary N) is 1. The molecule has 0 saturated heterocycles. The van der Waals surface area contributed by atoms with Crippen LogP contribution in [0.3, 0.4) is 0 Å². The number of hydrogen-bond acceptors (Lipinski definition) is 3. The first kappa shape index (κ1) is 15.4. The molecule has 5 heteroatoms. The van der Waals surface area contributed by atoms with Gasteiger partial charge >= 0.3 is 5.97 Å². The number of aliphatic carboxylic acids is 1. The predicted molar refractivity (Wildman–Crippen MR) is 78.1 cm³/mol. The second kappa shape index (κ2) is 6.61. The molecule has 1 aliphatic rings. The standard InChI is InChI=1S/C16H21NO4/c1-2-13(21-12-7-4-3-5-8-12)14(18)17-11-16(15(19)20)9-6-10-16/h3-5,7-8,13H,2,6,9-11H2,1H3,(H,17,18)(H,19,20). The van der Waals surface area contributed by atoms with Gasteiger partial charge in [0, 0.05) is 6.54 Å². The number of rotatable bonds is 7. The van der Waals surface area contributed by atoms with Crippen LogP contribution < -0.4 is 10.1 Å². The highest BCUT2D eigenvalue weighted by molar-refractivity contribution is 5.82. The number of carbonyl (C=O) groups is 2. The lowest BCUT2D eigenvalue weighted by molar-refractivity contribution is -0.154. The van der Waals surface area contributed by atoms with Crippen molar-refractivity contribution in [3.63, 3.8) is 0 Å². The molecule has 0 radical (unpaired) electrons. The molecule has 0 bridgehead atoms. The van der Waals surface area contributed by atoms with Gasteiger partial charge in [-0.2, -0.15) is 0 Å². The summed E-state index contributed by atoms with van der Waals surface area (Å²) in [5, 5.41) is 12.0. The van der Waals surface area contributed by atoms with E-state index in [4.69, 9.17) is 4.74 Å². The van der Waals surface area contributed by atoms with E-state index in [0.717, 1.165) is 6.42 Å². The summed E-state index contributed by atoms with van der Waals surface area (Å²) < 4.78 is 5.64. The van der Waals surface area contributed by atoms with Crippen LogP contribution in [0.4, 0.5) is 0 Å². The third-order valence-corrected chi connectivity index (χ3v) is 4.05. The van der Waals surface area contributed by atoms with Crippen LogP contribution in [0.2, 0.25) is 0 Å². The van der Waals surface area contributed by atoms with Gasteiger partial charge < -0.3 is 15.2 Å². The summed E-state index contributed by atoms with van der Waals surface area (Å²) >= 11 is 0. The van der Waals surface area contributed by atoms with Gasteiger partial charge in [-0.25, -0.2) is 0 Å². The maximum Gasteiger partial charge on any atom is 0.311 e. The largest absolute Gasteiger partial charge is 0.481 e. The molecule has 0 aromatic heterocycles. The lowest BCUT2D eigenvalue weighted by atomic mass is 9.69. The van der Waals surface area contributed by atoms with Crippen LogP contribution >= 0.6 is 0 Å². The minimum atomic E-state index is -0.828. The van der Waals surface area contributed by atoms with E-state index in [9.17, 15) is 14.7 Å². The van der Waals surface area contributed by atoms with Gasteiger partial charge in [-0.05, 0) is 31.4 Å². The van der Waals surface area contributed by atoms with Gasteiger partial charge in [0.05, 0.1) is 5.41 Å². The first-order valence-electron chi connectivity index (χ1n) is 7.30. The molecule has 1 aromatic carbocycles. The quantitative estimate of drug-likeness (QED) is 0.807. The molecule has 1 amide bonds. The van der Waals surface area contributed by atoms with Crippen molar-refractivity contribution < 1.29 is 19.4 Å². The van der Waals surface area contributed by atoms with Gasteiger partial charge in [-0.15, -0.1) is 0 Å². The number of para-hydroxylation sites is 1. The number of carbonyl (C=O) groups excluding carboxylic acids is 1. The lowest BCUT2D eigenvalue weighted by Crippen LogP contribution is -2.50. The van der Waals surface area contributed by atoms with Crippen LogP contribution in [-0.4, -0.2) is 29.6 Å². The minimum Gasteiger partial charge on any atom is -0.481 e. The van der Waals surface area contributed by atoms with Crippen molar-refractivity contribution in [3.05, 3.63) is 30.3 Å². The molecule has 1 fully saturated rings. The Bertz CT molecular complexity index is 496. The van der Waals surface area contributed by atoms with Gasteiger partial charge in [0.25, 0.3) is 5.91 Å². The topological polar surface area (TPSA) is 75.6 Å². The monoisotopic (exact) mass is 291 g/mol. The van der Waals surface area contributed by atoms with Crippen molar-refractivity contribution in [1.82, 2.24) is 5.32 Å². The van der Waals surface area contributed by atoms with E-state index in [2.05, 4.69) is 5.32 Å². The Labute approximate surface area is 124 Å². The molecule has 1 aromatic rings. The molecule has 21 heavy (non-hydrogen) atoms. The maximum atomic E-state index is 12.2. The van der Waals surface area contributed by atoms with E-state index in [-0.39, 0.29) is 12.5 Å². The Kier molecular flexibility index (Phi) is 4.83. The first-order chi connectivity index (χ1) is 10.1. The zero-order chi connectivity index (χ0) is 15.3. The van der Waals surface area contributed by atoms with Gasteiger partial charge in [0.2, 0.25) is 0 Å². The third-order valence-electron chi connectivity index (χ3n) is 4.05. The Morgan fingerprint density at radius 1 is 1.33 bits per heavy atom. The molecular formula is C16H21NO4. The Balaban J connectivity index is 1.90. The summed E-state index contributed by atoms with van der Waals surface area (Å²) in [4.78, 5) is 23.4. The van der Waals surface area contributed by atoms with Gasteiger partial charge in [0.1, 0.15) is 5.75 Å². The van der Waals surface area contributed by atoms with Gasteiger partial charge in [-0.1, -0.05) is 31.5 Å².